The van der Waals surface area contributed by atoms with Crippen LogP contribution in [-0.4, -0.2) is 13.6 Å². The highest BCUT2D eigenvalue weighted by atomic mass is 35.5. The number of hydrogen-bond acceptors (Lipinski definition) is 1. The maximum absolute atomic E-state index is 2.93. The Bertz CT molecular complexity index is 102. The van der Waals surface area contributed by atoms with Gasteiger partial charge in [0, 0.05) is 0 Å². The molecule has 0 aliphatic heterocycles. The van der Waals surface area contributed by atoms with Crippen LogP contribution in [0.5, 0.6) is 0 Å². The van der Waals surface area contributed by atoms with Crippen molar-refractivity contribution >= 4 is 12.4 Å². The largest absolute Gasteiger partial charge is 0.320 e. The second kappa shape index (κ2) is 12.2. The number of halogens is 1. The first-order valence-electron chi connectivity index (χ1n) is 3.56. The maximum atomic E-state index is 2.93. The average molecular weight is 174 g/mol. The second-order valence-corrected chi connectivity index (χ2v) is 1.86. The second-order valence-electron chi connectivity index (χ2n) is 1.86. The van der Waals surface area contributed by atoms with E-state index in [1.54, 1.807) is 0 Å². The highest BCUT2D eigenvalue weighted by molar-refractivity contribution is 5.85. The van der Waals surface area contributed by atoms with Gasteiger partial charge in [-0.05, 0) is 13.6 Å². The Morgan fingerprint density at radius 1 is 0.909 bits per heavy atom. The van der Waals surface area contributed by atoms with Gasteiger partial charge < -0.3 is 5.32 Å². The summed E-state index contributed by atoms with van der Waals surface area (Å²) in [6.07, 6.45) is 0. The molecule has 1 aromatic carbocycles. The van der Waals surface area contributed by atoms with Crippen molar-refractivity contribution in [1.29, 1.82) is 0 Å². The summed E-state index contributed by atoms with van der Waals surface area (Å²) in [5, 5.41) is 2.93. The van der Waals surface area contributed by atoms with Crippen LogP contribution in [0.4, 0.5) is 0 Å². The van der Waals surface area contributed by atoms with Crippen LogP contribution in [0.25, 0.3) is 0 Å². The normalized spacial score (nSPS) is 7.09. The molecule has 0 bridgehead atoms. The van der Waals surface area contributed by atoms with E-state index in [0.717, 1.165) is 6.54 Å². The first-order chi connectivity index (χ1) is 4.91. The first kappa shape index (κ1) is 13.1. The predicted octanol–water partition coefficient (Wildman–Crippen LogP) is 2.33. The number of rotatable bonds is 1. The van der Waals surface area contributed by atoms with Crippen LogP contribution in [-0.2, 0) is 0 Å². The molecule has 1 nitrogen and oxygen atoms in total. The van der Waals surface area contributed by atoms with E-state index in [1.165, 1.54) is 0 Å². The average Bonchev–Trinajstić information content (AvgIpc) is 2.08. The fourth-order valence-electron chi connectivity index (χ4n) is 0.385. The minimum atomic E-state index is 0. The van der Waals surface area contributed by atoms with Crippen LogP contribution in [0.1, 0.15) is 6.92 Å². The molecule has 64 valence electrons. The minimum Gasteiger partial charge on any atom is -0.320 e. The highest BCUT2D eigenvalue weighted by Gasteiger charge is 1.57. The van der Waals surface area contributed by atoms with Gasteiger partial charge in [-0.1, -0.05) is 43.3 Å². The van der Waals surface area contributed by atoms with Gasteiger partial charge in [-0.3, -0.25) is 0 Å². The third kappa shape index (κ3) is 12.6. The Balaban J connectivity index is 0. The van der Waals surface area contributed by atoms with E-state index >= 15 is 0 Å². The molecule has 0 saturated carbocycles. The van der Waals surface area contributed by atoms with Crippen LogP contribution in [0.15, 0.2) is 36.4 Å². The van der Waals surface area contributed by atoms with E-state index < -0.39 is 0 Å². The third-order valence-corrected chi connectivity index (χ3v) is 1.02. The van der Waals surface area contributed by atoms with Crippen molar-refractivity contribution in [1.82, 2.24) is 5.32 Å². The SMILES string of the molecule is CCNC.Cl.c1ccccc1. The molecule has 2 heteroatoms. The molecule has 0 aliphatic rings. The molecule has 0 spiro atoms. The maximum Gasteiger partial charge on any atom is -0.00804 e. The van der Waals surface area contributed by atoms with Crippen molar-refractivity contribution in [3.05, 3.63) is 36.4 Å². The fraction of sp³-hybridized carbons (Fsp3) is 0.333. The summed E-state index contributed by atoms with van der Waals surface area (Å²) in [6, 6.07) is 12.0. The number of nitrogens with one attached hydrogen (secondary N) is 1. The summed E-state index contributed by atoms with van der Waals surface area (Å²) in [5.74, 6) is 0. The number of hydrogen-bond donors (Lipinski definition) is 1. The Morgan fingerprint density at radius 3 is 1.18 bits per heavy atom. The van der Waals surface area contributed by atoms with Crippen molar-refractivity contribution in [2.45, 2.75) is 6.92 Å². The Morgan fingerprint density at radius 2 is 1.09 bits per heavy atom. The summed E-state index contributed by atoms with van der Waals surface area (Å²) in [4.78, 5) is 0. The van der Waals surface area contributed by atoms with Gasteiger partial charge in [0.1, 0.15) is 0 Å². The molecule has 0 heterocycles. The van der Waals surface area contributed by atoms with Crippen molar-refractivity contribution in [2.24, 2.45) is 0 Å². The van der Waals surface area contributed by atoms with Gasteiger partial charge in [0.25, 0.3) is 0 Å². The highest BCUT2D eigenvalue weighted by Crippen LogP contribution is 1.79. The molecule has 0 atom stereocenters. The standard InChI is InChI=1S/C6H6.C3H9N.ClH/c1-2-4-6-5-3-1;1-3-4-2;/h1-6H;4H,3H2,1-2H3;1H. The molecule has 11 heavy (non-hydrogen) atoms. The van der Waals surface area contributed by atoms with Crippen molar-refractivity contribution in [3.63, 3.8) is 0 Å². The summed E-state index contributed by atoms with van der Waals surface area (Å²) >= 11 is 0. The van der Waals surface area contributed by atoms with E-state index in [2.05, 4.69) is 12.2 Å². The van der Waals surface area contributed by atoms with Crippen molar-refractivity contribution in [2.75, 3.05) is 13.6 Å². The van der Waals surface area contributed by atoms with Crippen molar-refractivity contribution in [3.8, 4) is 0 Å². The molecule has 1 aromatic rings. The Hall–Kier alpha value is -0.530. The summed E-state index contributed by atoms with van der Waals surface area (Å²) < 4.78 is 0. The molecule has 1 rings (SSSR count). The first-order valence-corrected chi connectivity index (χ1v) is 3.56. The Labute approximate surface area is 75.2 Å². The molecular weight excluding hydrogens is 158 g/mol. The van der Waals surface area contributed by atoms with E-state index in [1.807, 2.05) is 43.4 Å². The molecule has 0 fully saturated rings. The van der Waals surface area contributed by atoms with Gasteiger partial charge >= 0.3 is 0 Å². The van der Waals surface area contributed by atoms with Crippen molar-refractivity contribution < 1.29 is 0 Å². The zero-order valence-corrected chi connectivity index (χ0v) is 7.90. The van der Waals surface area contributed by atoms with Gasteiger partial charge in [-0.2, -0.15) is 0 Å². The van der Waals surface area contributed by atoms with Crippen LogP contribution in [0, 0.1) is 0 Å². The molecule has 0 radical (unpaired) electrons. The monoisotopic (exact) mass is 173 g/mol. The quantitative estimate of drug-likeness (QED) is 0.688. The molecule has 0 amide bonds. The summed E-state index contributed by atoms with van der Waals surface area (Å²) in [6.45, 7) is 3.14. The summed E-state index contributed by atoms with van der Waals surface area (Å²) in [5.41, 5.74) is 0. The minimum absolute atomic E-state index is 0. The molecular formula is C9H16ClN. The molecule has 0 unspecified atom stereocenters. The van der Waals surface area contributed by atoms with Crippen LogP contribution in [0.3, 0.4) is 0 Å². The summed E-state index contributed by atoms with van der Waals surface area (Å²) in [7, 11) is 1.93. The number of benzene rings is 1. The third-order valence-electron chi connectivity index (χ3n) is 1.02. The molecule has 1 N–H and O–H groups in total. The fourth-order valence-corrected chi connectivity index (χ4v) is 0.385. The lowest BCUT2D eigenvalue weighted by Gasteiger charge is -1.76. The van der Waals surface area contributed by atoms with Crippen LogP contribution < -0.4 is 5.32 Å². The van der Waals surface area contributed by atoms with E-state index in [9.17, 15) is 0 Å². The van der Waals surface area contributed by atoms with Gasteiger partial charge in [0.15, 0.2) is 0 Å². The van der Waals surface area contributed by atoms with E-state index in [4.69, 9.17) is 0 Å². The smallest absolute Gasteiger partial charge is 0.00804 e. The van der Waals surface area contributed by atoms with E-state index in [0.29, 0.717) is 0 Å². The zero-order chi connectivity index (χ0) is 7.66. The van der Waals surface area contributed by atoms with Gasteiger partial charge in [-0.15, -0.1) is 12.4 Å². The lowest BCUT2D eigenvalue weighted by molar-refractivity contribution is 0.864. The van der Waals surface area contributed by atoms with Crippen LogP contribution >= 0.6 is 12.4 Å². The lowest BCUT2D eigenvalue weighted by Crippen LogP contribution is -2.01. The van der Waals surface area contributed by atoms with E-state index in [-0.39, 0.29) is 12.4 Å². The van der Waals surface area contributed by atoms with Gasteiger partial charge in [0.2, 0.25) is 0 Å². The van der Waals surface area contributed by atoms with Crippen LogP contribution in [0.2, 0.25) is 0 Å². The topological polar surface area (TPSA) is 12.0 Å². The van der Waals surface area contributed by atoms with Gasteiger partial charge in [0.05, 0.1) is 0 Å². The molecule has 0 saturated heterocycles. The lowest BCUT2D eigenvalue weighted by atomic mass is 10.4. The molecule has 0 aromatic heterocycles. The van der Waals surface area contributed by atoms with Gasteiger partial charge in [-0.25, -0.2) is 0 Å². The molecule has 0 aliphatic carbocycles. The Kier molecular flexibility index (Phi) is 14.5. The zero-order valence-electron chi connectivity index (χ0n) is 7.08. The predicted molar refractivity (Wildman–Crippen MR) is 53.3 cm³/mol.